The predicted octanol–water partition coefficient (Wildman–Crippen LogP) is 4.79. The number of hydrogen-bond donors (Lipinski definition) is 1. The Kier molecular flexibility index (Phi) is 35.9. The molecule has 6 aromatic heterocycles. The van der Waals surface area contributed by atoms with Gasteiger partial charge in [-0.2, -0.15) is 0 Å². The normalized spacial score (nSPS) is 11.5. The molecule has 0 radical (unpaired) electrons. The summed E-state index contributed by atoms with van der Waals surface area (Å²) in [4.78, 5) is 93.1. The number of sulfone groups is 3. The zero-order chi connectivity index (χ0) is 73.9. The average molecular weight is 1620 g/mol. The Morgan fingerprint density at radius 1 is 0.520 bits per heavy atom. The number of benzene rings is 3. The monoisotopic (exact) mass is 1620 g/mol. The first-order valence-electron chi connectivity index (χ1n) is 30.8. The van der Waals surface area contributed by atoms with E-state index in [1.54, 1.807) is 162 Å². The van der Waals surface area contributed by atoms with E-state index in [0.29, 0.717) is 90.9 Å². The van der Waals surface area contributed by atoms with E-state index in [1.165, 1.54) is 44.4 Å². The van der Waals surface area contributed by atoms with Crippen molar-refractivity contribution in [3.05, 3.63) is 124 Å². The van der Waals surface area contributed by atoms with Gasteiger partial charge in [0.05, 0.1) is 115 Å². The van der Waals surface area contributed by atoms with Crippen molar-refractivity contribution < 1.29 is 119 Å². The first kappa shape index (κ1) is 91.8. The molecule has 6 heterocycles. The van der Waals surface area contributed by atoms with Gasteiger partial charge in [0.2, 0.25) is 0 Å². The van der Waals surface area contributed by atoms with Gasteiger partial charge in [0.15, 0.2) is 45.8 Å². The van der Waals surface area contributed by atoms with Crippen LogP contribution in [0, 0.1) is 0 Å². The molecule has 0 atom stereocenters. The summed E-state index contributed by atoms with van der Waals surface area (Å²) in [6.07, 6.45) is 7.18. The smallest absolute Gasteiger partial charge is 0.870 e. The van der Waals surface area contributed by atoms with Crippen LogP contribution in [0.2, 0.25) is 20.2 Å². The Labute approximate surface area is 669 Å². The van der Waals surface area contributed by atoms with Crippen molar-refractivity contribution >= 4 is 207 Å². The Hall–Kier alpha value is -4.45. The third kappa shape index (κ3) is 21.9. The van der Waals surface area contributed by atoms with Gasteiger partial charge in [-0.3, -0.25) is 24.0 Å². The third-order valence-corrected chi connectivity index (χ3v) is 26.4. The minimum Gasteiger partial charge on any atom is -0.870 e. The van der Waals surface area contributed by atoms with E-state index in [4.69, 9.17) is 51.1 Å². The molecule has 0 aliphatic carbocycles. The van der Waals surface area contributed by atoms with Crippen LogP contribution in [0.1, 0.15) is 68.2 Å². The second kappa shape index (κ2) is 39.9. The number of ether oxygens (including phenoxy) is 1. The number of carboxylic acid groups (broad SMARTS) is 2. The molecule has 544 valence electrons. The number of hydrogen-bond acceptors (Lipinski definition) is 23. The topological polar surface area (TPSA) is 347 Å². The van der Waals surface area contributed by atoms with Crippen LogP contribution in [0.15, 0.2) is 102 Å². The Balaban J connectivity index is 0.000000369. The fourth-order valence-corrected chi connectivity index (χ4v) is 16.6. The van der Waals surface area contributed by atoms with E-state index in [1.807, 2.05) is 13.2 Å². The van der Waals surface area contributed by atoms with Gasteiger partial charge in [-0.1, -0.05) is 59.7 Å². The minimum atomic E-state index is -3.25. The number of esters is 1. The van der Waals surface area contributed by atoms with Crippen LogP contribution in [0.4, 0.5) is 11.6 Å². The summed E-state index contributed by atoms with van der Waals surface area (Å²) in [5.74, 6) is -1.77. The molecule has 2 N–H and O–H groups in total. The van der Waals surface area contributed by atoms with Crippen LogP contribution in [-0.2, 0) is 68.3 Å². The number of thioether (sulfide) groups is 3. The molecule has 36 heteroatoms. The number of pyridine rings is 6. The first-order valence-corrected chi connectivity index (χ1v) is 41.2. The SMILES string of the molecule is CCCCS(=O)(=O)C(C)C.CCOC(=O)Cn1c2nc(Cl)ccc2c(=O)c2ccc(Cl)c(SC)c21.CSc1c(Cl)ccc2c(=O)c3ccc(N(C)CCS(=O)(=O)C(C)C)nc3n(CC(=O)O)c12.CSc1c(Cl)ccc2c(=O)c3ccc(N(C)CCS(=O)(=O)C(C)C)nc3n(CC(=O)[O-])c12.[Na+].[Na+].[OH-]. The molecule has 0 saturated heterocycles. The Morgan fingerprint density at radius 3 is 1.17 bits per heavy atom. The van der Waals surface area contributed by atoms with E-state index in [9.17, 15) is 64.2 Å². The van der Waals surface area contributed by atoms with Crippen LogP contribution >= 0.6 is 81.7 Å². The van der Waals surface area contributed by atoms with Crippen molar-refractivity contribution in [3.8, 4) is 0 Å². The molecule has 9 rings (SSSR count). The maximum absolute atomic E-state index is 13.2. The predicted molar refractivity (Wildman–Crippen MR) is 405 cm³/mol. The number of carbonyl (C=O) groups is 3. The van der Waals surface area contributed by atoms with Gasteiger partial charge < -0.3 is 48.7 Å². The van der Waals surface area contributed by atoms with Crippen LogP contribution in [0.3, 0.4) is 0 Å². The van der Waals surface area contributed by atoms with E-state index < -0.39 is 71.0 Å². The Morgan fingerprint density at radius 2 is 0.843 bits per heavy atom. The standard InChI is InChI=1S/2C21H24ClN3O5S2.C17H14Cl2N2O3S.C7H16O2S.2Na.H2O/c2*1-12(2)32(29,30)10-9-24(3)16-8-6-14-19(28)13-5-7-15(22)20(31-4)18(13)25(11-17(26)27)21(14)23-16;1-3-24-13(22)8-21-14-9(4-6-11(18)16(14)25-2)15(23)10-5-7-12(19)20-17(10)21;1-4-5-6-10(8,9)7(2)3;;;/h2*5-8,12H,9-11H2,1-4H3,(H,26,27);4-7H,3,8H2,1-2H3;7H,4-6H2,1-3H3;;;1H2/q;;;;2*+1;/p-2. The molecule has 0 spiro atoms. The zero-order valence-corrected chi connectivity index (χ0v) is 71.0. The second-order valence-electron chi connectivity index (χ2n) is 23.3. The summed E-state index contributed by atoms with van der Waals surface area (Å²) in [5.41, 5.74) is 1.31. The van der Waals surface area contributed by atoms with Gasteiger partial charge in [-0.15, -0.1) is 35.3 Å². The van der Waals surface area contributed by atoms with Crippen molar-refractivity contribution in [1.29, 1.82) is 0 Å². The third-order valence-electron chi connectivity index (χ3n) is 15.8. The molecule has 102 heavy (non-hydrogen) atoms. The molecule has 0 aliphatic heterocycles. The summed E-state index contributed by atoms with van der Waals surface area (Å²) in [7, 11) is -5.85. The molecular weight excluding hydrogens is 1540 g/mol. The summed E-state index contributed by atoms with van der Waals surface area (Å²) in [6.45, 7) is 13.3. The largest absolute Gasteiger partial charge is 1.00 e. The number of nitrogens with zero attached hydrogens (tertiary/aromatic N) is 8. The van der Waals surface area contributed by atoms with Crippen LogP contribution in [-0.4, -0.2) is 168 Å². The Bertz CT molecular complexity index is 4920. The van der Waals surface area contributed by atoms with Crippen molar-refractivity contribution in [2.45, 2.75) is 118 Å². The number of aliphatic carboxylic acids is 2. The average Bonchev–Trinajstić information content (AvgIpc) is 0.754. The van der Waals surface area contributed by atoms with Crippen LogP contribution in [0.25, 0.3) is 65.8 Å². The fourth-order valence-electron chi connectivity index (χ4n) is 10.1. The number of unbranched alkanes of at least 4 members (excludes halogenated alkanes) is 1. The number of halogens is 4. The van der Waals surface area contributed by atoms with Crippen molar-refractivity contribution in [2.75, 3.05) is 79.6 Å². The molecular formula is C66H78Cl4N8Na2O16S6. The number of carboxylic acids is 2. The molecule has 3 aromatic carbocycles. The maximum atomic E-state index is 13.2. The molecule has 0 amide bonds. The summed E-state index contributed by atoms with van der Waals surface area (Å²) in [5, 5.41) is 23.5. The molecule has 0 fully saturated rings. The summed E-state index contributed by atoms with van der Waals surface area (Å²) in [6, 6.07) is 19.3. The van der Waals surface area contributed by atoms with Gasteiger partial charge in [0.1, 0.15) is 46.8 Å². The number of rotatable bonds is 24. The van der Waals surface area contributed by atoms with Gasteiger partial charge in [0.25, 0.3) is 0 Å². The minimum absolute atomic E-state index is 0. The number of anilines is 2. The van der Waals surface area contributed by atoms with Crippen molar-refractivity contribution in [2.24, 2.45) is 0 Å². The van der Waals surface area contributed by atoms with Crippen LogP contribution < -0.4 is 90.3 Å². The number of carbonyl (C=O) groups excluding carboxylic acids is 2. The van der Waals surface area contributed by atoms with E-state index in [2.05, 4.69) is 15.0 Å². The number of aromatic nitrogens is 6. The molecule has 9 aromatic rings. The first-order chi connectivity index (χ1) is 46.4. The van der Waals surface area contributed by atoms with Crippen molar-refractivity contribution in [1.82, 2.24) is 28.7 Å². The van der Waals surface area contributed by atoms with E-state index in [0.717, 1.165) is 12.8 Å². The van der Waals surface area contributed by atoms with Gasteiger partial charge in [-0.05, 0) is 146 Å². The van der Waals surface area contributed by atoms with E-state index in [-0.39, 0.29) is 151 Å². The van der Waals surface area contributed by atoms with Gasteiger partial charge in [0, 0.05) is 43.3 Å². The quantitative estimate of drug-likeness (QED) is 0.0279. The van der Waals surface area contributed by atoms with Crippen molar-refractivity contribution in [3.63, 3.8) is 0 Å². The van der Waals surface area contributed by atoms with E-state index >= 15 is 0 Å². The molecule has 0 bridgehead atoms. The summed E-state index contributed by atoms with van der Waals surface area (Å²) >= 11 is 29.0. The fraction of sp³-hybridized carbons (Fsp3) is 0.409. The molecule has 0 unspecified atom stereocenters. The van der Waals surface area contributed by atoms with Gasteiger partial charge >= 0.3 is 71.1 Å². The van der Waals surface area contributed by atoms with Crippen LogP contribution in [0.5, 0.6) is 0 Å². The van der Waals surface area contributed by atoms with Gasteiger partial charge in [-0.25, -0.2) is 40.2 Å². The molecule has 0 saturated carbocycles. The zero-order valence-electron chi connectivity index (χ0n) is 59.1. The number of fused-ring (bicyclic) bond motifs is 6. The second-order valence-corrected chi connectivity index (χ2v) is 35.4. The maximum Gasteiger partial charge on any atom is 1.00 e. The summed E-state index contributed by atoms with van der Waals surface area (Å²) < 4.78 is 80.5. The molecule has 24 nitrogen and oxygen atoms in total. The molecule has 0 aliphatic rings.